The monoisotopic (exact) mass is 372 g/mol. The maximum absolute atomic E-state index is 13.8. The van der Waals surface area contributed by atoms with Crippen molar-refractivity contribution in [2.75, 3.05) is 5.32 Å². The van der Waals surface area contributed by atoms with Gasteiger partial charge in [-0.05, 0) is 41.4 Å². The Morgan fingerprint density at radius 1 is 1.24 bits per heavy atom. The largest absolute Gasteiger partial charge is 0.389 e. The molecule has 0 saturated carbocycles. The highest BCUT2D eigenvalue weighted by Crippen LogP contribution is 2.28. The molecular weight excluding hydrogens is 362 g/mol. The molecule has 2 rings (SSSR count). The number of aromatic nitrogens is 2. The first kappa shape index (κ1) is 15.7. The van der Waals surface area contributed by atoms with Gasteiger partial charge >= 0.3 is 0 Å². The molecular formula is C13H11BrF2N4S. The number of nitrogens with one attached hydrogen (secondary N) is 1. The first-order valence-corrected chi connectivity index (χ1v) is 7.06. The van der Waals surface area contributed by atoms with E-state index in [2.05, 4.69) is 31.4 Å². The average molecular weight is 373 g/mol. The van der Waals surface area contributed by atoms with Crippen LogP contribution in [0.15, 0.2) is 16.6 Å². The van der Waals surface area contributed by atoms with Crippen LogP contribution in [-0.2, 0) is 0 Å². The minimum absolute atomic E-state index is 0.0401. The molecule has 3 N–H and O–H groups in total. The Labute approximate surface area is 133 Å². The summed E-state index contributed by atoms with van der Waals surface area (Å²) >= 11 is 8.00. The fraction of sp³-hybridized carbons (Fsp3) is 0.154. The number of benzene rings is 1. The van der Waals surface area contributed by atoms with E-state index in [-0.39, 0.29) is 21.0 Å². The van der Waals surface area contributed by atoms with Gasteiger partial charge in [-0.15, -0.1) is 5.10 Å². The van der Waals surface area contributed by atoms with Crippen molar-refractivity contribution in [3.05, 3.63) is 45.1 Å². The zero-order chi connectivity index (χ0) is 15.7. The molecule has 0 aliphatic carbocycles. The maximum atomic E-state index is 13.8. The van der Waals surface area contributed by atoms with Crippen molar-refractivity contribution in [2.45, 2.75) is 13.8 Å². The molecule has 0 spiro atoms. The minimum Gasteiger partial charge on any atom is -0.389 e. The van der Waals surface area contributed by atoms with E-state index in [0.29, 0.717) is 11.3 Å². The van der Waals surface area contributed by atoms with Gasteiger partial charge in [0.05, 0.1) is 21.4 Å². The highest BCUT2D eigenvalue weighted by Gasteiger charge is 2.16. The van der Waals surface area contributed by atoms with Crippen LogP contribution in [0.5, 0.6) is 0 Å². The van der Waals surface area contributed by atoms with Crippen LogP contribution in [0.3, 0.4) is 0 Å². The van der Waals surface area contributed by atoms with Crippen LogP contribution in [0.2, 0.25) is 0 Å². The third-order valence-electron chi connectivity index (χ3n) is 2.96. The second-order valence-electron chi connectivity index (χ2n) is 4.37. The molecule has 0 fully saturated rings. The lowest BCUT2D eigenvalue weighted by atomic mass is 10.1. The molecule has 1 heterocycles. The van der Waals surface area contributed by atoms with Crippen molar-refractivity contribution < 1.29 is 8.78 Å². The molecule has 0 amide bonds. The summed E-state index contributed by atoms with van der Waals surface area (Å²) in [5.41, 5.74) is 7.64. The van der Waals surface area contributed by atoms with E-state index < -0.39 is 11.6 Å². The van der Waals surface area contributed by atoms with E-state index in [4.69, 9.17) is 18.0 Å². The quantitative estimate of drug-likeness (QED) is 0.637. The van der Waals surface area contributed by atoms with E-state index in [1.807, 2.05) is 0 Å². The molecule has 0 atom stereocenters. The van der Waals surface area contributed by atoms with Crippen molar-refractivity contribution >= 4 is 44.6 Å². The van der Waals surface area contributed by atoms with Gasteiger partial charge in [0.15, 0.2) is 5.82 Å². The Bertz CT molecular complexity index is 737. The minimum atomic E-state index is -0.760. The maximum Gasteiger partial charge on any atom is 0.163 e. The smallest absolute Gasteiger partial charge is 0.163 e. The second kappa shape index (κ2) is 5.98. The van der Waals surface area contributed by atoms with Crippen LogP contribution in [0.4, 0.5) is 20.3 Å². The highest BCUT2D eigenvalue weighted by atomic mass is 79.9. The lowest BCUT2D eigenvalue weighted by Gasteiger charge is -2.14. The summed E-state index contributed by atoms with van der Waals surface area (Å²) in [5, 5.41) is 10.6. The van der Waals surface area contributed by atoms with Gasteiger partial charge in [-0.2, -0.15) is 5.10 Å². The summed E-state index contributed by atoms with van der Waals surface area (Å²) in [6.07, 6.45) is 0. The van der Waals surface area contributed by atoms with E-state index in [1.165, 1.54) is 6.07 Å². The molecule has 21 heavy (non-hydrogen) atoms. The summed E-state index contributed by atoms with van der Waals surface area (Å²) in [6.45, 7) is 3.56. The molecule has 4 nitrogen and oxygen atoms in total. The van der Waals surface area contributed by atoms with Crippen molar-refractivity contribution in [1.82, 2.24) is 10.2 Å². The Morgan fingerprint density at radius 3 is 2.52 bits per heavy atom. The Kier molecular flexibility index (Phi) is 4.48. The third-order valence-corrected chi connectivity index (χ3v) is 3.78. The average Bonchev–Trinajstić information content (AvgIpc) is 2.40. The predicted molar refractivity (Wildman–Crippen MR) is 84.7 cm³/mol. The van der Waals surface area contributed by atoms with Crippen LogP contribution >= 0.6 is 28.1 Å². The lowest BCUT2D eigenvalue weighted by Crippen LogP contribution is -2.17. The summed E-state index contributed by atoms with van der Waals surface area (Å²) < 4.78 is 27.2. The zero-order valence-corrected chi connectivity index (χ0v) is 13.6. The molecule has 8 heteroatoms. The first-order chi connectivity index (χ1) is 9.81. The Balaban J connectivity index is 2.52. The SMILES string of the molecule is Cc1nnc(Nc2cc(Br)c(F)cc2F)c(C(N)=S)c1C. The Morgan fingerprint density at radius 2 is 1.90 bits per heavy atom. The fourth-order valence-corrected chi connectivity index (χ4v) is 2.34. The van der Waals surface area contributed by atoms with Crippen LogP contribution in [0.1, 0.15) is 16.8 Å². The molecule has 0 radical (unpaired) electrons. The summed E-state index contributed by atoms with van der Waals surface area (Å²) in [7, 11) is 0. The fourth-order valence-electron chi connectivity index (χ4n) is 1.74. The molecule has 1 aromatic carbocycles. The summed E-state index contributed by atoms with van der Waals surface area (Å²) in [4.78, 5) is 0.120. The number of hydrogen-bond acceptors (Lipinski definition) is 4. The van der Waals surface area contributed by atoms with Gasteiger partial charge in [-0.1, -0.05) is 12.2 Å². The van der Waals surface area contributed by atoms with Crippen molar-refractivity contribution in [1.29, 1.82) is 0 Å². The molecule has 0 bridgehead atoms. The van der Waals surface area contributed by atoms with E-state index in [1.54, 1.807) is 13.8 Å². The first-order valence-electron chi connectivity index (χ1n) is 5.86. The number of rotatable bonds is 3. The van der Waals surface area contributed by atoms with E-state index in [0.717, 1.165) is 11.6 Å². The second-order valence-corrected chi connectivity index (χ2v) is 5.66. The normalized spacial score (nSPS) is 10.5. The number of nitrogens with two attached hydrogens (primary N) is 1. The lowest BCUT2D eigenvalue weighted by molar-refractivity contribution is 0.581. The van der Waals surface area contributed by atoms with Gasteiger partial charge < -0.3 is 11.1 Å². The molecule has 110 valence electrons. The van der Waals surface area contributed by atoms with Gasteiger partial charge in [0.2, 0.25) is 0 Å². The number of anilines is 2. The van der Waals surface area contributed by atoms with E-state index in [9.17, 15) is 8.78 Å². The molecule has 0 saturated heterocycles. The van der Waals surface area contributed by atoms with E-state index >= 15 is 0 Å². The highest BCUT2D eigenvalue weighted by molar-refractivity contribution is 9.10. The molecule has 0 aliphatic rings. The number of nitrogens with zero attached hydrogens (tertiary/aromatic N) is 2. The van der Waals surface area contributed by atoms with Gasteiger partial charge in [-0.3, -0.25) is 0 Å². The van der Waals surface area contributed by atoms with Gasteiger partial charge in [0, 0.05) is 6.07 Å². The van der Waals surface area contributed by atoms with Crippen molar-refractivity contribution in [2.24, 2.45) is 5.73 Å². The topological polar surface area (TPSA) is 63.8 Å². The summed E-state index contributed by atoms with van der Waals surface area (Å²) in [6, 6.07) is 2.03. The predicted octanol–water partition coefficient (Wildman–Crippen LogP) is 3.51. The van der Waals surface area contributed by atoms with Crippen LogP contribution < -0.4 is 11.1 Å². The Hall–Kier alpha value is -1.67. The van der Waals surface area contributed by atoms with Crippen LogP contribution in [0.25, 0.3) is 0 Å². The summed E-state index contributed by atoms with van der Waals surface area (Å²) in [5.74, 6) is -1.23. The van der Waals surface area contributed by atoms with Gasteiger partial charge in [-0.25, -0.2) is 8.78 Å². The number of hydrogen-bond donors (Lipinski definition) is 2. The van der Waals surface area contributed by atoms with Gasteiger partial charge in [0.25, 0.3) is 0 Å². The molecule has 2 aromatic rings. The molecule has 0 aliphatic heterocycles. The molecule has 0 unspecified atom stereocenters. The zero-order valence-electron chi connectivity index (χ0n) is 11.2. The van der Waals surface area contributed by atoms with Crippen LogP contribution in [-0.4, -0.2) is 15.2 Å². The van der Waals surface area contributed by atoms with Gasteiger partial charge in [0.1, 0.15) is 16.6 Å². The standard InChI is InChI=1S/C13H11BrF2N4S/c1-5-6(2)19-20-13(11(5)12(17)21)18-10-3-7(14)8(15)4-9(10)16/h3-4H,1-2H3,(H2,17,21)(H,18,20). The number of halogens is 3. The van der Waals surface area contributed by atoms with Crippen molar-refractivity contribution in [3.63, 3.8) is 0 Å². The number of aryl methyl sites for hydroxylation is 1. The van der Waals surface area contributed by atoms with Crippen molar-refractivity contribution in [3.8, 4) is 0 Å². The third kappa shape index (κ3) is 3.16. The molecule has 1 aromatic heterocycles. The number of thiocarbonyl (C=S) groups is 1. The van der Waals surface area contributed by atoms with Crippen LogP contribution in [0, 0.1) is 25.5 Å².